The molecule has 0 atom stereocenters. The van der Waals surface area contributed by atoms with Gasteiger partial charge in [-0.2, -0.15) is 0 Å². The van der Waals surface area contributed by atoms with E-state index in [2.05, 4.69) is 0 Å². The fourth-order valence-electron chi connectivity index (χ4n) is 2.29. The van der Waals surface area contributed by atoms with Gasteiger partial charge in [-0.05, 0) is 25.1 Å². The van der Waals surface area contributed by atoms with Crippen LogP contribution in [0.4, 0.5) is 0 Å². The molecule has 3 rings (SSSR count). The highest BCUT2D eigenvalue weighted by atomic mass is 16.5. The first kappa shape index (κ1) is 14.1. The van der Waals surface area contributed by atoms with Gasteiger partial charge in [0, 0.05) is 11.1 Å². The number of para-hydroxylation sites is 1. The Morgan fingerprint density at radius 3 is 2.55 bits per heavy atom. The standard InChI is InChI=1S/C19H16O3/c1-2-21-17-11-7-6-10-15(17)12-16-13-18(22-19(16)20)14-8-4-3-5-9-14/h3-13H,2H2,1H3/b16-12+. The van der Waals surface area contributed by atoms with Gasteiger partial charge in [-0.3, -0.25) is 0 Å². The van der Waals surface area contributed by atoms with Crippen LogP contribution in [0.1, 0.15) is 18.1 Å². The first-order chi connectivity index (χ1) is 10.8. The Morgan fingerprint density at radius 1 is 1.05 bits per heavy atom. The molecule has 110 valence electrons. The van der Waals surface area contributed by atoms with Crippen LogP contribution in [0.2, 0.25) is 0 Å². The number of hydrogen-bond donors (Lipinski definition) is 0. The summed E-state index contributed by atoms with van der Waals surface area (Å²) in [4.78, 5) is 12.0. The van der Waals surface area contributed by atoms with Gasteiger partial charge in [-0.1, -0.05) is 48.5 Å². The second-order valence-corrected chi connectivity index (χ2v) is 4.83. The molecule has 2 aromatic rings. The molecule has 1 heterocycles. The second kappa shape index (κ2) is 6.31. The number of benzene rings is 2. The number of carbonyl (C=O) groups is 1. The zero-order valence-electron chi connectivity index (χ0n) is 12.3. The zero-order valence-corrected chi connectivity index (χ0v) is 12.3. The summed E-state index contributed by atoms with van der Waals surface area (Å²) in [5, 5.41) is 0. The van der Waals surface area contributed by atoms with Crippen LogP contribution in [0.25, 0.3) is 11.8 Å². The Labute approximate surface area is 129 Å². The lowest BCUT2D eigenvalue weighted by atomic mass is 10.1. The monoisotopic (exact) mass is 292 g/mol. The van der Waals surface area contributed by atoms with E-state index in [0.29, 0.717) is 17.9 Å². The van der Waals surface area contributed by atoms with E-state index in [1.54, 1.807) is 12.2 Å². The SMILES string of the molecule is CCOc1ccccc1/C=C1\C=C(c2ccccc2)OC1=O. The van der Waals surface area contributed by atoms with Gasteiger partial charge in [0.05, 0.1) is 12.2 Å². The number of hydrogen-bond acceptors (Lipinski definition) is 3. The molecule has 0 spiro atoms. The zero-order chi connectivity index (χ0) is 15.4. The molecule has 0 fully saturated rings. The molecular weight excluding hydrogens is 276 g/mol. The minimum atomic E-state index is -0.342. The molecule has 3 heteroatoms. The normalized spacial score (nSPS) is 15.6. The van der Waals surface area contributed by atoms with E-state index in [1.807, 2.05) is 61.5 Å². The maximum Gasteiger partial charge on any atom is 0.343 e. The Kier molecular flexibility index (Phi) is 4.05. The van der Waals surface area contributed by atoms with E-state index < -0.39 is 0 Å². The van der Waals surface area contributed by atoms with Gasteiger partial charge in [0.2, 0.25) is 0 Å². The lowest BCUT2D eigenvalue weighted by Gasteiger charge is -2.06. The van der Waals surface area contributed by atoms with Crippen molar-refractivity contribution in [2.24, 2.45) is 0 Å². The van der Waals surface area contributed by atoms with Crippen LogP contribution < -0.4 is 4.74 Å². The molecule has 3 nitrogen and oxygen atoms in total. The molecule has 0 aliphatic carbocycles. The molecule has 1 aliphatic heterocycles. The van der Waals surface area contributed by atoms with Gasteiger partial charge >= 0.3 is 5.97 Å². The van der Waals surface area contributed by atoms with Crippen LogP contribution in [0, 0.1) is 0 Å². The Morgan fingerprint density at radius 2 is 1.77 bits per heavy atom. The largest absolute Gasteiger partial charge is 0.493 e. The average molecular weight is 292 g/mol. The third kappa shape index (κ3) is 2.93. The van der Waals surface area contributed by atoms with Gasteiger partial charge in [0.25, 0.3) is 0 Å². The second-order valence-electron chi connectivity index (χ2n) is 4.83. The van der Waals surface area contributed by atoms with Crippen LogP contribution >= 0.6 is 0 Å². The van der Waals surface area contributed by atoms with Crippen molar-refractivity contribution in [1.82, 2.24) is 0 Å². The minimum Gasteiger partial charge on any atom is -0.493 e. The summed E-state index contributed by atoms with van der Waals surface area (Å²) < 4.78 is 10.9. The average Bonchev–Trinajstić information content (AvgIpc) is 2.91. The molecule has 0 amide bonds. The maximum atomic E-state index is 12.0. The van der Waals surface area contributed by atoms with Crippen molar-refractivity contribution in [3.05, 3.63) is 77.4 Å². The van der Waals surface area contributed by atoms with Gasteiger partial charge in [0.1, 0.15) is 11.5 Å². The molecular formula is C19H16O3. The third-order valence-corrected chi connectivity index (χ3v) is 3.31. The van der Waals surface area contributed by atoms with Crippen molar-refractivity contribution in [3.8, 4) is 5.75 Å². The van der Waals surface area contributed by atoms with E-state index in [1.165, 1.54) is 0 Å². The minimum absolute atomic E-state index is 0.342. The summed E-state index contributed by atoms with van der Waals surface area (Å²) in [6.07, 6.45) is 3.56. The van der Waals surface area contributed by atoms with Crippen LogP contribution in [0.15, 0.2) is 66.2 Å². The van der Waals surface area contributed by atoms with Gasteiger partial charge in [-0.25, -0.2) is 4.79 Å². The van der Waals surface area contributed by atoms with E-state index in [9.17, 15) is 4.79 Å². The van der Waals surface area contributed by atoms with Gasteiger partial charge < -0.3 is 9.47 Å². The number of cyclic esters (lactones) is 1. The van der Waals surface area contributed by atoms with Crippen LogP contribution in [-0.4, -0.2) is 12.6 Å². The number of rotatable bonds is 4. The molecule has 0 bridgehead atoms. The Balaban J connectivity index is 1.95. The first-order valence-electron chi connectivity index (χ1n) is 7.21. The highest BCUT2D eigenvalue weighted by Crippen LogP contribution is 2.29. The number of esters is 1. The Bertz CT molecular complexity index is 742. The number of carbonyl (C=O) groups excluding carboxylic acids is 1. The Hall–Kier alpha value is -2.81. The summed E-state index contributed by atoms with van der Waals surface area (Å²) in [6, 6.07) is 17.2. The van der Waals surface area contributed by atoms with Gasteiger partial charge in [0.15, 0.2) is 0 Å². The molecule has 22 heavy (non-hydrogen) atoms. The first-order valence-corrected chi connectivity index (χ1v) is 7.21. The molecule has 1 aliphatic rings. The van der Waals surface area contributed by atoms with Crippen molar-refractivity contribution >= 4 is 17.8 Å². The van der Waals surface area contributed by atoms with E-state index in [-0.39, 0.29) is 5.97 Å². The topological polar surface area (TPSA) is 35.5 Å². The van der Waals surface area contributed by atoms with Crippen LogP contribution in [0.5, 0.6) is 5.75 Å². The van der Waals surface area contributed by atoms with Crippen molar-refractivity contribution in [2.75, 3.05) is 6.61 Å². The summed E-state index contributed by atoms with van der Waals surface area (Å²) >= 11 is 0. The highest BCUT2D eigenvalue weighted by molar-refractivity contribution is 6.05. The molecule has 2 aromatic carbocycles. The fraction of sp³-hybridized carbons (Fsp3) is 0.105. The third-order valence-electron chi connectivity index (χ3n) is 3.31. The van der Waals surface area contributed by atoms with E-state index >= 15 is 0 Å². The van der Waals surface area contributed by atoms with Crippen LogP contribution in [-0.2, 0) is 9.53 Å². The molecule has 0 aromatic heterocycles. The molecule has 0 radical (unpaired) electrons. The van der Waals surface area contributed by atoms with E-state index in [4.69, 9.17) is 9.47 Å². The lowest BCUT2D eigenvalue weighted by Crippen LogP contribution is -1.98. The molecule has 0 N–H and O–H groups in total. The summed E-state index contributed by atoms with van der Waals surface area (Å²) in [6.45, 7) is 2.51. The highest BCUT2D eigenvalue weighted by Gasteiger charge is 2.22. The van der Waals surface area contributed by atoms with Crippen molar-refractivity contribution in [2.45, 2.75) is 6.92 Å². The molecule has 0 saturated carbocycles. The molecule has 0 saturated heterocycles. The maximum absolute atomic E-state index is 12.0. The van der Waals surface area contributed by atoms with Gasteiger partial charge in [-0.15, -0.1) is 0 Å². The smallest absolute Gasteiger partial charge is 0.343 e. The predicted molar refractivity (Wildman–Crippen MR) is 86.1 cm³/mol. The fourth-order valence-corrected chi connectivity index (χ4v) is 2.29. The van der Waals surface area contributed by atoms with Crippen molar-refractivity contribution in [3.63, 3.8) is 0 Å². The summed E-state index contributed by atoms with van der Waals surface area (Å²) in [5.41, 5.74) is 2.27. The summed E-state index contributed by atoms with van der Waals surface area (Å²) in [7, 11) is 0. The number of ether oxygens (including phenoxy) is 2. The van der Waals surface area contributed by atoms with Crippen molar-refractivity contribution < 1.29 is 14.3 Å². The lowest BCUT2D eigenvalue weighted by molar-refractivity contribution is -0.130. The van der Waals surface area contributed by atoms with Crippen LogP contribution in [0.3, 0.4) is 0 Å². The quantitative estimate of drug-likeness (QED) is 0.629. The summed E-state index contributed by atoms with van der Waals surface area (Å²) in [5.74, 6) is 0.989. The van der Waals surface area contributed by atoms with E-state index in [0.717, 1.165) is 16.9 Å². The predicted octanol–water partition coefficient (Wildman–Crippen LogP) is 4.07. The van der Waals surface area contributed by atoms with Crippen molar-refractivity contribution in [1.29, 1.82) is 0 Å². The molecule has 0 unspecified atom stereocenters.